The second-order valence-corrected chi connectivity index (χ2v) is 4.13. The molecule has 0 aliphatic carbocycles. The normalized spacial score (nSPS) is 13.7. The molecule has 0 bridgehead atoms. The summed E-state index contributed by atoms with van der Waals surface area (Å²) < 4.78 is 23.9. The highest BCUT2D eigenvalue weighted by Gasteiger charge is 2.20. The molecule has 1 rings (SSSR count). The molecule has 106 valence electrons. The van der Waals surface area contributed by atoms with Crippen LogP contribution >= 0.6 is 0 Å². The lowest BCUT2D eigenvalue weighted by Crippen LogP contribution is -2.28. The number of benzene rings is 1. The van der Waals surface area contributed by atoms with Crippen molar-refractivity contribution in [1.82, 2.24) is 0 Å². The van der Waals surface area contributed by atoms with Crippen LogP contribution in [0, 0.1) is 5.82 Å². The van der Waals surface area contributed by atoms with Crippen LogP contribution in [0.25, 0.3) is 0 Å². The minimum Gasteiger partial charge on any atom is -0.479 e. The van der Waals surface area contributed by atoms with Gasteiger partial charge in [0, 0.05) is 11.6 Å². The molecular formula is C14H19FO4. The molecule has 0 saturated heterocycles. The number of hydrogen-bond acceptors (Lipinski definition) is 4. The van der Waals surface area contributed by atoms with E-state index in [1.54, 1.807) is 13.8 Å². The van der Waals surface area contributed by atoms with E-state index in [-0.39, 0.29) is 17.9 Å². The highest BCUT2D eigenvalue weighted by Crippen LogP contribution is 2.23. The second kappa shape index (κ2) is 7.09. The van der Waals surface area contributed by atoms with Crippen LogP contribution in [-0.4, -0.2) is 23.8 Å². The largest absolute Gasteiger partial charge is 0.479 e. The van der Waals surface area contributed by atoms with Crippen LogP contribution in [-0.2, 0) is 9.53 Å². The van der Waals surface area contributed by atoms with E-state index < -0.39 is 24.0 Å². The lowest BCUT2D eigenvalue weighted by Gasteiger charge is -2.16. The van der Waals surface area contributed by atoms with E-state index >= 15 is 0 Å². The Hall–Kier alpha value is -1.62. The van der Waals surface area contributed by atoms with Gasteiger partial charge < -0.3 is 14.6 Å². The summed E-state index contributed by atoms with van der Waals surface area (Å²) in [5, 5.41) is 9.33. The second-order valence-electron chi connectivity index (χ2n) is 4.13. The van der Waals surface area contributed by atoms with E-state index in [2.05, 4.69) is 0 Å². The van der Waals surface area contributed by atoms with Crippen molar-refractivity contribution in [1.29, 1.82) is 0 Å². The lowest BCUT2D eigenvalue weighted by atomic mass is 10.1. The van der Waals surface area contributed by atoms with Crippen molar-refractivity contribution >= 4 is 5.97 Å². The van der Waals surface area contributed by atoms with Gasteiger partial charge in [-0.3, -0.25) is 0 Å². The summed E-state index contributed by atoms with van der Waals surface area (Å²) in [5.41, 5.74) is 0.191. The first-order valence-electron chi connectivity index (χ1n) is 6.30. The smallest absolute Gasteiger partial charge is 0.347 e. The van der Waals surface area contributed by atoms with Gasteiger partial charge in [-0.15, -0.1) is 0 Å². The molecule has 0 saturated carbocycles. The molecule has 1 unspecified atom stereocenters. The molecule has 0 radical (unpaired) electrons. The summed E-state index contributed by atoms with van der Waals surface area (Å²) in [5.74, 6) is -0.793. The zero-order valence-electron chi connectivity index (χ0n) is 11.4. The molecule has 0 fully saturated rings. The van der Waals surface area contributed by atoms with Crippen molar-refractivity contribution in [2.24, 2.45) is 0 Å². The maximum absolute atomic E-state index is 13.6. The van der Waals surface area contributed by atoms with Crippen LogP contribution in [0.1, 0.15) is 38.9 Å². The summed E-state index contributed by atoms with van der Waals surface area (Å²) >= 11 is 0. The topological polar surface area (TPSA) is 55.8 Å². The van der Waals surface area contributed by atoms with Crippen LogP contribution < -0.4 is 4.74 Å². The minimum absolute atomic E-state index is 0.191. The lowest BCUT2D eigenvalue weighted by molar-refractivity contribution is -0.151. The highest BCUT2D eigenvalue weighted by molar-refractivity contribution is 5.75. The predicted molar refractivity (Wildman–Crippen MR) is 68.4 cm³/mol. The van der Waals surface area contributed by atoms with Gasteiger partial charge in [0.1, 0.15) is 11.6 Å². The summed E-state index contributed by atoms with van der Waals surface area (Å²) in [6, 6.07) is 4.12. The van der Waals surface area contributed by atoms with E-state index in [1.165, 1.54) is 19.1 Å². The fraction of sp³-hybridized carbons (Fsp3) is 0.500. The van der Waals surface area contributed by atoms with Crippen LogP contribution in [0.15, 0.2) is 18.2 Å². The summed E-state index contributed by atoms with van der Waals surface area (Å²) in [7, 11) is 0. The van der Waals surface area contributed by atoms with Crippen LogP contribution in [0.5, 0.6) is 5.75 Å². The number of ether oxygens (including phenoxy) is 2. The SMILES string of the molecule is CCOC(=O)C(CC)Oc1ccc([C@H](C)O)c(F)c1. The Labute approximate surface area is 112 Å². The molecule has 0 aliphatic rings. The van der Waals surface area contributed by atoms with Gasteiger partial charge in [-0.2, -0.15) is 0 Å². The predicted octanol–water partition coefficient (Wildman–Crippen LogP) is 2.60. The average molecular weight is 270 g/mol. The first-order valence-corrected chi connectivity index (χ1v) is 6.30. The number of carbonyl (C=O) groups excluding carboxylic acids is 1. The molecule has 4 nitrogen and oxygen atoms in total. The Kier molecular flexibility index (Phi) is 5.76. The highest BCUT2D eigenvalue weighted by atomic mass is 19.1. The van der Waals surface area contributed by atoms with Crippen molar-refractivity contribution in [2.45, 2.75) is 39.4 Å². The molecule has 0 aliphatic heterocycles. The van der Waals surface area contributed by atoms with Crippen molar-refractivity contribution in [3.8, 4) is 5.75 Å². The van der Waals surface area contributed by atoms with Crippen molar-refractivity contribution < 1.29 is 23.8 Å². The van der Waals surface area contributed by atoms with E-state index in [9.17, 15) is 14.3 Å². The van der Waals surface area contributed by atoms with Gasteiger partial charge in [0.25, 0.3) is 0 Å². The summed E-state index contributed by atoms with van der Waals surface area (Å²) in [6.45, 7) is 5.24. The molecule has 19 heavy (non-hydrogen) atoms. The quantitative estimate of drug-likeness (QED) is 0.807. The third kappa shape index (κ3) is 4.21. The Morgan fingerprint density at radius 2 is 2.11 bits per heavy atom. The number of hydrogen-bond donors (Lipinski definition) is 1. The number of esters is 1. The first-order chi connectivity index (χ1) is 8.99. The van der Waals surface area contributed by atoms with Gasteiger partial charge in [-0.1, -0.05) is 6.92 Å². The van der Waals surface area contributed by atoms with Crippen LogP contribution in [0.2, 0.25) is 0 Å². The monoisotopic (exact) mass is 270 g/mol. The van der Waals surface area contributed by atoms with Crippen molar-refractivity contribution in [2.75, 3.05) is 6.61 Å². The Morgan fingerprint density at radius 3 is 2.58 bits per heavy atom. The molecule has 1 N–H and O–H groups in total. The minimum atomic E-state index is -0.888. The standard InChI is InChI=1S/C14H19FO4/c1-4-13(14(17)18-5-2)19-10-6-7-11(9(3)16)12(15)8-10/h6-9,13,16H,4-5H2,1-3H3/t9-,13?/m0/s1. The fourth-order valence-corrected chi connectivity index (χ4v) is 1.62. The van der Waals surface area contributed by atoms with Gasteiger partial charge in [-0.05, 0) is 32.4 Å². The molecular weight excluding hydrogens is 251 g/mol. The Balaban J connectivity index is 2.81. The molecule has 2 atom stereocenters. The van der Waals surface area contributed by atoms with Crippen molar-refractivity contribution in [3.63, 3.8) is 0 Å². The number of aliphatic hydroxyl groups is 1. The van der Waals surface area contributed by atoms with E-state index in [0.29, 0.717) is 6.42 Å². The Bertz CT molecular complexity index is 431. The first kappa shape index (κ1) is 15.4. The molecule has 5 heteroatoms. The summed E-state index contributed by atoms with van der Waals surface area (Å²) in [6.07, 6.45) is -1.21. The van der Waals surface area contributed by atoms with Crippen molar-refractivity contribution in [3.05, 3.63) is 29.6 Å². The number of aliphatic hydroxyl groups excluding tert-OH is 1. The molecule has 0 aromatic heterocycles. The van der Waals surface area contributed by atoms with E-state index in [4.69, 9.17) is 9.47 Å². The molecule has 1 aromatic carbocycles. The molecule has 0 amide bonds. The fourth-order valence-electron chi connectivity index (χ4n) is 1.62. The number of rotatable bonds is 6. The zero-order chi connectivity index (χ0) is 14.4. The average Bonchev–Trinajstić information content (AvgIpc) is 2.35. The molecule has 0 spiro atoms. The molecule has 1 aromatic rings. The number of carbonyl (C=O) groups is 1. The van der Waals surface area contributed by atoms with Gasteiger partial charge in [-0.25, -0.2) is 9.18 Å². The third-order valence-corrected chi connectivity index (χ3v) is 2.62. The molecule has 0 heterocycles. The van der Waals surface area contributed by atoms with Gasteiger partial charge in [0.15, 0.2) is 6.10 Å². The van der Waals surface area contributed by atoms with Crippen LogP contribution in [0.3, 0.4) is 0 Å². The maximum atomic E-state index is 13.6. The van der Waals surface area contributed by atoms with E-state index in [1.807, 2.05) is 0 Å². The number of halogens is 1. The van der Waals surface area contributed by atoms with E-state index in [0.717, 1.165) is 6.07 Å². The van der Waals surface area contributed by atoms with Gasteiger partial charge in [0.2, 0.25) is 0 Å². The van der Waals surface area contributed by atoms with Crippen LogP contribution in [0.4, 0.5) is 4.39 Å². The van der Waals surface area contributed by atoms with Gasteiger partial charge >= 0.3 is 5.97 Å². The maximum Gasteiger partial charge on any atom is 0.347 e. The third-order valence-electron chi connectivity index (χ3n) is 2.62. The zero-order valence-corrected chi connectivity index (χ0v) is 11.4. The Morgan fingerprint density at radius 1 is 1.42 bits per heavy atom. The summed E-state index contributed by atoms with van der Waals surface area (Å²) in [4.78, 5) is 11.6. The van der Waals surface area contributed by atoms with Gasteiger partial charge in [0.05, 0.1) is 12.7 Å².